The number of piperidine rings is 1. The zero-order chi connectivity index (χ0) is 17.3. The van der Waals surface area contributed by atoms with Crippen LogP contribution in [0.4, 0.5) is 0 Å². The summed E-state index contributed by atoms with van der Waals surface area (Å²) in [6.07, 6.45) is 8.51. The standard InChI is InChI=1S/C21H42N2/c1-20(2,3)18-10-8-17(9-11-18)16-22(7)19-12-14-23(15-13-19)21(4,5)6/h17-19H,8-16H2,1-7H3. The molecule has 0 aromatic rings. The SMILES string of the molecule is CN(CC1CCC(C(C)(C)C)CC1)C1CCN(C(C)(C)C)CC1. The highest BCUT2D eigenvalue weighted by Gasteiger charge is 2.32. The third kappa shape index (κ3) is 5.46. The van der Waals surface area contributed by atoms with E-state index in [0.29, 0.717) is 11.0 Å². The van der Waals surface area contributed by atoms with Gasteiger partial charge in [-0.1, -0.05) is 20.8 Å². The number of hydrogen-bond acceptors (Lipinski definition) is 2. The minimum absolute atomic E-state index is 0.342. The summed E-state index contributed by atoms with van der Waals surface area (Å²) in [4.78, 5) is 5.36. The summed E-state index contributed by atoms with van der Waals surface area (Å²) in [5, 5.41) is 0. The van der Waals surface area contributed by atoms with Gasteiger partial charge in [-0.15, -0.1) is 0 Å². The third-order valence-corrected chi connectivity index (χ3v) is 6.65. The molecule has 0 radical (unpaired) electrons. The fourth-order valence-corrected chi connectivity index (χ4v) is 4.74. The Morgan fingerprint density at radius 3 is 1.78 bits per heavy atom. The molecule has 0 amide bonds. The number of rotatable bonds is 3. The van der Waals surface area contributed by atoms with Crippen LogP contribution in [-0.4, -0.2) is 48.1 Å². The van der Waals surface area contributed by atoms with E-state index in [4.69, 9.17) is 0 Å². The van der Waals surface area contributed by atoms with Crippen LogP contribution in [0.25, 0.3) is 0 Å². The molecule has 2 aliphatic rings. The molecule has 1 heterocycles. The highest BCUT2D eigenvalue weighted by atomic mass is 15.2. The van der Waals surface area contributed by atoms with Gasteiger partial charge in [-0.3, -0.25) is 4.90 Å². The zero-order valence-corrected chi connectivity index (χ0v) is 17.0. The van der Waals surface area contributed by atoms with Gasteiger partial charge >= 0.3 is 0 Å². The molecule has 2 fully saturated rings. The Morgan fingerprint density at radius 2 is 1.35 bits per heavy atom. The maximum atomic E-state index is 2.70. The Morgan fingerprint density at radius 1 is 0.826 bits per heavy atom. The molecule has 0 aromatic heterocycles. The van der Waals surface area contributed by atoms with Crippen LogP contribution in [0, 0.1) is 17.3 Å². The molecule has 0 atom stereocenters. The average Bonchev–Trinajstić information content (AvgIpc) is 2.46. The van der Waals surface area contributed by atoms with Crippen LogP contribution in [0.3, 0.4) is 0 Å². The van der Waals surface area contributed by atoms with Gasteiger partial charge in [-0.05, 0) is 83.6 Å². The van der Waals surface area contributed by atoms with Gasteiger partial charge in [0.1, 0.15) is 0 Å². The van der Waals surface area contributed by atoms with Crippen LogP contribution >= 0.6 is 0 Å². The van der Waals surface area contributed by atoms with Crippen molar-refractivity contribution in [3.8, 4) is 0 Å². The van der Waals surface area contributed by atoms with Gasteiger partial charge in [0.25, 0.3) is 0 Å². The van der Waals surface area contributed by atoms with Crippen molar-refractivity contribution >= 4 is 0 Å². The van der Waals surface area contributed by atoms with Gasteiger partial charge in [-0.2, -0.15) is 0 Å². The number of nitrogens with zero attached hydrogens (tertiary/aromatic N) is 2. The zero-order valence-electron chi connectivity index (χ0n) is 17.0. The molecule has 0 spiro atoms. The minimum atomic E-state index is 0.342. The van der Waals surface area contributed by atoms with Gasteiger partial charge in [0.05, 0.1) is 0 Å². The van der Waals surface area contributed by atoms with Gasteiger partial charge in [0.2, 0.25) is 0 Å². The second-order valence-electron chi connectivity index (χ2n) is 10.4. The Kier molecular flexibility index (Phi) is 6.22. The van der Waals surface area contributed by atoms with Gasteiger partial charge in [0.15, 0.2) is 0 Å². The second kappa shape index (κ2) is 7.44. The van der Waals surface area contributed by atoms with E-state index in [9.17, 15) is 0 Å². The van der Waals surface area contributed by atoms with Crippen LogP contribution in [0.15, 0.2) is 0 Å². The first-order valence-electron chi connectivity index (χ1n) is 10.0. The second-order valence-corrected chi connectivity index (χ2v) is 10.4. The lowest BCUT2D eigenvalue weighted by atomic mass is 9.70. The number of hydrogen-bond donors (Lipinski definition) is 0. The van der Waals surface area contributed by atoms with Crippen molar-refractivity contribution in [1.29, 1.82) is 0 Å². The Balaban J connectivity index is 1.73. The average molecular weight is 323 g/mol. The molecule has 0 aromatic carbocycles. The van der Waals surface area contributed by atoms with Crippen molar-refractivity contribution in [3.05, 3.63) is 0 Å². The topological polar surface area (TPSA) is 6.48 Å². The molecule has 1 aliphatic heterocycles. The summed E-state index contributed by atoms with van der Waals surface area (Å²) in [6.45, 7) is 18.2. The van der Waals surface area contributed by atoms with E-state index >= 15 is 0 Å². The summed E-state index contributed by atoms with van der Waals surface area (Å²) in [7, 11) is 2.38. The van der Waals surface area contributed by atoms with E-state index < -0.39 is 0 Å². The molecule has 0 bridgehead atoms. The van der Waals surface area contributed by atoms with Crippen LogP contribution in [-0.2, 0) is 0 Å². The summed E-state index contributed by atoms with van der Waals surface area (Å²) >= 11 is 0. The Hall–Kier alpha value is -0.0800. The van der Waals surface area contributed by atoms with Crippen molar-refractivity contribution in [3.63, 3.8) is 0 Å². The monoisotopic (exact) mass is 322 g/mol. The van der Waals surface area contributed by atoms with E-state index in [2.05, 4.69) is 58.4 Å². The lowest BCUT2D eigenvalue weighted by Gasteiger charge is -2.44. The Labute approximate surface area is 146 Å². The molecular formula is C21H42N2. The van der Waals surface area contributed by atoms with E-state index in [1.807, 2.05) is 0 Å². The summed E-state index contributed by atoms with van der Waals surface area (Å²) < 4.78 is 0. The molecule has 23 heavy (non-hydrogen) atoms. The predicted molar refractivity (Wildman–Crippen MR) is 102 cm³/mol. The van der Waals surface area contributed by atoms with Crippen molar-refractivity contribution in [2.75, 3.05) is 26.7 Å². The van der Waals surface area contributed by atoms with E-state index in [1.165, 1.54) is 58.2 Å². The summed E-state index contributed by atoms with van der Waals surface area (Å²) in [6, 6.07) is 0.814. The molecule has 1 saturated carbocycles. The summed E-state index contributed by atoms with van der Waals surface area (Å²) in [5.41, 5.74) is 0.853. The fourth-order valence-electron chi connectivity index (χ4n) is 4.74. The molecule has 0 N–H and O–H groups in total. The van der Waals surface area contributed by atoms with Gasteiger partial charge in [-0.25, -0.2) is 0 Å². The molecule has 2 rings (SSSR count). The van der Waals surface area contributed by atoms with Gasteiger partial charge in [0, 0.05) is 31.2 Å². The predicted octanol–water partition coefficient (Wildman–Crippen LogP) is 5.03. The molecule has 136 valence electrons. The van der Waals surface area contributed by atoms with Crippen LogP contribution in [0.1, 0.15) is 80.1 Å². The van der Waals surface area contributed by atoms with Crippen LogP contribution < -0.4 is 0 Å². The molecule has 2 nitrogen and oxygen atoms in total. The third-order valence-electron chi connectivity index (χ3n) is 6.65. The normalized spacial score (nSPS) is 29.2. The lowest BCUT2D eigenvalue weighted by molar-refractivity contribution is 0.0532. The van der Waals surface area contributed by atoms with Crippen molar-refractivity contribution in [1.82, 2.24) is 9.80 Å². The highest BCUT2D eigenvalue weighted by molar-refractivity contribution is 4.87. The molecule has 0 unspecified atom stereocenters. The van der Waals surface area contributed by atoms with Crippen molar-refractivity contribution in [2.45, 2.75) is 91.6 Å². The Bertz CT molecular complexity index is 347. The molecule has 1 saturated heterocycles. The van der Waals surface area contributed by atoms with Crippen molar-refractivity contribution in [2.24, 2.45) is 17.3 Å². The maximum Gasteiger partial charge on any atom is 0.0125 e. The van der Waals surface area contributed by atoms with Crippen LogP contribution in [0.5, 0.6) is 0 Å². The van der Waals surface area contributed by atoms with Crippen molar-refractivity contribution < 1.29 is 0 Å². The molecule has 1 aliphatic carbocycles. The first-order valence-corrected chi connectivity index (χ1v) is 10.0. The highest BCUT2D eigenvalue weighted by Crippen LogP contribution is 2.40. The smallest absolute Gasteiger partial charge is 0.0125 e. The lowest BCUT2D eigenvalue weighted by Crippen LogP contribution is -2.50. The first-order chi connectivity index (χ1) is 10.6. The summed E-state index contributed by atoms with van der Waals surface area (Å²) in [5.74, 6) is 1.89. The molecular weight excluding hydrogens is 280 g/mol. The van der Waals surface area contributed by atoms with E-state index in [1.54, 1.807) is 0 Å². The fraction of sp³-hybridized carbons (Fsp3) is 1.00. The van der Waals surface area contributed by atoms with Gasteiger partial charge < -0.3 is 4.90 Å². The first kappa shape index (κ1) is 19.2. The number of likely N-dealkylation sites (tertiary alicyclic amines) is 1. The van der Waals surface area contributed by atoms with E-state index in [0.717, 1.165) is 17.9 Å². The van der Waals surface area contributed by atoms with Crippen LogP contribution in [0.2, 0.25) is 0 Å². The van der Waals surface area contributed by atoms with E-state index in [-0.39, 0.29) is 0 Å². The molecule has 2 heteroatoms. The quantitative estimate of drug-likeness (QED) is 0.718. The largest absolute Gasteiger partial charge is 0.303 e. The minimum Gasteiger partial charge on any atom is -0.303 e. The maximum absolute atomic E-state index is 2.70.